The Hall–Kier alpha value is -1.09. The van der Waals surface area contributed by atoms with E-state index in [2.05, 4.69) is 10.3 Å². The summed E-state index contributed by atoms with van der Waals surface area (Å²) >= 11 is 0. The third-order valence-electron chi connectivity index (χ3n) is 1.60. The molecular formula is C8H12N2O. The number of aromatic amines is 1. The maximum absolute atomic E-state index is 10.8. The van der Waals surface area contributed by atoms with Crippen molar-refractivity contribution in [2.75, 3.05) is 7.05 Å². The quantitative estimate of drug-likeness (QED) is 0.644. The molecule has 0 aliphatic heterocycles. The van der Waals surface area contributed by atoms with E-state index in [0.717, 1.165) is 17.8 Å². The van der Waals surface area contributed by atoms with Crippen molar-refractivity contribution in [1.29, 1.82) is 0 Å². The molecule has 60 valence electrons. The lowest BCUT2D eigenvalue weighted by Gasteiger charge is -2.02. The van der Waals surface area contributed by atoms with Gasteiger partial charge in [0.1, 0.15) is 0 Å². The highest BCUT2D eigenvalue weighted by molar-refractivity contribution is 5.17. The molecule has 0 aromatic carbocycles. The summed E-state index contributed by atoms with van der Waals surface area (Å²) in [6.07, 6.45) is 0. The summed E-state index contributed by atoms with van der Waals surface area (Å²) in [5, 5.41) is 3.02. The Morgan fingerprint density at radius 3 is 2.82 bits per heavy atom. The van der Waals surface area contributed by atoms with E-state index in [4.69, 9.17) is 0 Å². The topological polar surface area (TPSA) is 44.9 Å². The molecule has 0 bridgehead atoms. The van der Waals surface area contributed by atoms with Crippen molar-refractivity contribution in [3.05, 3.63) is 33.7 Å². The molecule has 2 N–H and O–H groups in total. The van der Waals surface area contributed by atoms with Crippen LogP contribution in [0.3, 0.4) is 0 Å². The van der Waals surface area contributed by atoms with Crippen molar-refractivity contribution in [3.8, 4) is 0 Å². The second-order valence-electron chi connectivity index (χ2n) is 2.50. The lowest BCUT2D eigenvalue weighted by molar-refractivity contribution is 0.802. The third kappa shape index (κ3) is 1.91. The van der Waals surface area contributed by atoms with Gasteiger partial charge in [-0.1, -0.05) is 6.07 Å². The zero-order chi connectivity index (χ0) is 8.27. The van der Waals surface area contributed by atoms with Crippen LogP contribution in [0.5, 0.6) is 0 Å². The Morgan fingerprint density at radius 1 is 1.55 bits per heavy atom. The van der Waals surface area contributed by atoms with Crippen LogP contribution in [0.25, 0.3) is 0 Å². The van der Waals surface area contributed by atoms with E-state index in [9.17, 15) is 4.79 Å². The summed E-state index contributed by atoms with van der Waals surface area (Å²) in [5.41, 5.74) is 2.03. The standard InChI is InChI=1S/C8H12N2O/c1-6-7(5-9-2)3-4-8(11)10-6/h3-4,9H,5H2,1-2H3,(H,10,11). The zero-order valence-corrected chi connectivity index (χ0v) is 6.77. The van der Waals surface area contributed by atoms with E-state index in [0.29, 0.717) is 0 Å². The number of nitrogens with one attached hydrogen (secondary N) is 2. The maximum atomic E-state index is 10.8. The van der Waals surface area contributed by atoms with E-state index < -0.39 is 0 Å². The van der Waals surface area contributed by atoms with Crippen molar-refractivity contribution >= 4 is 0 Å². The monoisotopic (exact) mass is 152 g/mol. The van der Waals surface area contributed by atoms with Gasteiger partial charge in [0.05, 0.1) is 0 Å². The minimum absolute atomic E-state index is 0.0395. The maximum Gasteiger partial charge on any atom is 0.248 e. The number of rotatable bonds is 2. The van der Waals surface area contributed by atoms with Gasteiger partial charge in [-0.15, -0.1) is 0 Å². The Labute approximate surface area is 65.5 Å². The molecule has 0 spiro atoms. The molecule has 3 heteroatoms. The summed E-state index contributed by atoms with van der Waals surface area (Å²) in [7, 11) is 1.88. The lowest BCUT2D eigenvalue weighted by atomic mass is 10.2. The normalized spacial score (nSPS) is 10.0. The molecule has 0 fully saturated rings. The predicted molar refractivity (Wildman–Crippen MR) is 44.6 cm³/mol. The van der Waals surface area contributed by atoms with Crippen molar-refractivity contribution in [1.82, 2.24) is 10.3 Å². The average Bonchev–Trinajstić information content (AvgIpc) is 1.95. The fourth-order valence-corrected chi connectivity index (χ4v) is 0.990. The summed E-state index contributed by atoms with van der Waals surface area (Å²) in [4.78, 5) is 13.5. The molecule has 0 aliphatic rings. The van der Waals surface area contributed by atoms with E-state index in [-0.39, 0.29) is 5.56 Å². The summed E-state index contributed by atoms with van der Waals surface area (Å²) < 4.78 is 0. The number of aromatic nitrogens is 1. The molecule has 0 amide bonds. The number of H-pyrrole nitrogens is 1. The highest BCUT2D eigenvalue weighted by Gasteiger charge is 1.95. The first-order valence-electron chi connectivity index (χ1n) is 3.57. The Kier molecular flexibility index (Phi) is 2.44. The van der Waals surface area contributed by atoms with E-state index in [1.807, 2.05) is 20.0 Å². The molecule has 1 rings (SSSR count). The molecule has 0 saturated heterocycles. The molecule has 0 unspecified atom stereocenters. The Bertz CT molecular complexity index is 290. The van der Waals surface area contributed by atoms with Gasteiger partial charge in [-0.25, -0.2) is 0 Å². The van der Waals surface area contributed by atoms with Gasteiger partial charge in [0, 0.05) is 18.3 Å². The van der Waals surface area contributed by atoms with Crippen LogP contribution in [-0.2, 0) is 6.54 Å². The minimum atomic E-state index is -0.0395. The van der Waals surface area contributed by atoms with Crippen molar-refractivity contribution in [3.63, 3.8) is 0 Å². The van der Waals surface area contributed by atoms with Crippen LogP contribution >= 0.6 is 0 Å². The Balaban J connectivity index is 2.99. The van der Waals surface area contributed by atoms with E-state index in [1.54, 1.807) is 6.07 Å². The number of pyridine rings is 1. The van der Waals surface area contributed by atoms with Crippen molar-refractivity contribution in [2.45, 2.75) is 13.5 Å². The second-order valence-corrected chi connectivity index (χ2v) is 2.50. The molecule has 1 aromatic rings. The molecule has 11 heavy (non-hydrogen) atoms. The van der Waals surface area contributed by atoms with Gasteiger partial charge in [-0.05, 0) is 19.5 Å². The SMILES string of the molecule is CNCc1ccc(=O)[nH]c1C. The predicted octanol–water partition coefficient (Wildman–Crippen LogP) is 0.403. The fourth-order valence-electron chi connectivity index (χ4n) is 0.990. The van der Waals surface area contributed by atoms with Crippen LogP contribution in [0.1, 0.15) is 11.3 Å². The van der Waals surface area contributed by atoms with Gasteiger partial charge < -0.3 is 10.3 Å². The molecule has 1 aromatic heterocycles. The molecule has 1 heterocycles. The average molecular weight is 152 g/mol. The van der Waals surface area contributed by atoms with Gasteiger partial charge in [-0.2, -0.15) is 0 Å². The summed E-state index contributed by atoms with van der Waals surface area (Å²) in [6.45, 7) is 2.69. The number of aryl methyl sites for hydroxylation is 1. The largest absolute Gasteiger partial charge is 0.326 e. The van der Waals surface area contributed by atoms with Gasteiger partial charge in [0.25, 0.3) is 0 Å². The zero-order valence-electron chi connectivity index (χ0n) is 6.77. The first-order chi connectivity index (χ1) is 5.24. The highest BCUT2D eigenvalue weighted by Crippen LogP contribution is 1.99. The lowest BCUT2D eigenvalue weighted by Crippen LogP contribution is -2.12. The Morgan fingerprint density at radius 2 is 2.27 bits per heavy atom. The van der Waals surface area contributed by atoms with Crippen LogP contribution in [-0.4, -0.2) is 12.0 Å². The van der Waals surface area contributed by atoms with Crippen LogP contribution in [0.2, 0.25) is 0 Å². The summed E-state index contributed by atoms with van der Waals surface area (Å²) in [6, 6.07) is 3.38. The van der Waals surface area contributed by atoms with Crippen molar-refractivity contribution < 1.29 is 0 Å². The molecule has 0 saturated carbocycles. The smallest absolute Gasteiger partial charge is 0.248 e. The van der Waals surface area contributed by atoms with Crippen LogP contribution in [0.4, 0.5) is 0 Å². The fraction of sp³-hybridized carbons (Fsp3) is 0.375. The van der Waals surface area contributed by atoms with E-state index >= 15 is 0 Å². The third-order valence-corrected chi connectivity index (χ3v) is 1.60. The van der Waals surface area contributed by atoms with Crippen molar-refractivity contribution in [2.24, 2.45) is 0 Å². The van der Waals surface area contributed by atoms with Crippen LogP contribution in [0.15, 0.2) is 16.9 Å². The molecule has 0 aliphatic carbocycles. The van der Waals surface area contributed by atoms with Gasteiger partial charge in [0.2, 0.25) is 5.56 Å². The van der Waals surface area contributed by atoms with Gasteiger partial charge in [-0.3, -0.25) is 4.79 Å². The molecule has 0 radical (unpaired) electrons. The van der Waals surface area contributed by atoms with Gasteiger partial charge >= 0.3 is 0 Å². The van der Waals surface area contributed by atoms with Gasteiger partial charge in [0.15, 0.2) is 0 Å². The number of hydrogen-bond acceptors (Lipinski definition) is 2. The summed E-state index contributed by atoms with van der Waals surface area (Å²) in [5.74, 6) is 0. The second kappa shape index (κ2) is 3.34. The van der Waals surface area contributed by atoms with Crippen LogP contribution < -0.4 is 10.9 Å². The molecule has 3 nitrogen and oxygen atoms in total. The first-order valence-corrected chi connectivity index (χ1v) is 3.57. The molecular weight excluding hydrogens is 140 g/mol. The first kappa shape index (κ1) is 8.01. The minimum Gasteiger partial charge on any atom is -0.326 e. The van der Waals surface area contributed by atoms with E-state index in [1.165, 1.54) is 0 Å². The molecule has 0 atom stereocenters. The van der Waals surface area contributed by atoms with Crippen LogP contribution in [0, 0.1) is 6.92 Å². The number of hydrogen-bond donors (Lipinski definition) is 2. The highest BCUT2D eigenvalue weighted by atomic mass is 16.1.